The highest BCUT2D eigenvalue weighted by molar-refractivity contribution is 7.18. The Bertz CT molecular complexity index is 878. The molecular weight excluding hydrogens is 306 g/mol. The third-order valence-electron chi connectivity index (χ3n) is 3.76. The number of hydrogen-bond donors (Lipinski definition) is 1. The number of fused-ring (bicyclic) bond motifs is 3. The predicted octanol–water partition coefficient (Wildman–Crippen LogP) is 1.31. The summed E-state index contributed by atoms with van der Waals surface area (Å²) in [7, 11) is 0. The lowest BCUT2D eigenvalue weighted by Gasteiger charge is -2.12. The van der Waals surface area contributed by atoms with Gasteiger partial charge in [0, 0.05) is 11.4 Å². The summed E-state index contributed by atoms with van der Waals surface area (Å²) in [6.07, 6.45) is 2.54. The number of nitrogens with one attached hydrogen (secondary N) is 1. The summed E-state index contributed by atoms with van der Waals surface area (Å²) in [6, 6.07) is 0. The molecule has 0 amide bonds. The van der Waals surface area contributed by atoms with Crippen LogP contribution < -0.4 is 10.9 Å². The summed E-state index contributed by atoms with van der Waals surface area (Å²) in [5, 5.41) is 8.13. The van der Waals surface area contributed by atoms with Crippen molar-refractivity contribution in [3.05, 3.63) is 37.7 Å². The first-order chi connectivity index (χ1) is 10.2. The van der Waals surface area contributed by atoms with Gasteiger partial charge < -0.3 is 5.32 Å². The molecule has 21 heavy (non-hydrogen) atoms. The van der Waals surface area contributed by atoms with Crippen LogP contribution in [-0.4, -0.2) is 25.7 Å². The average molecular weight is 319 g/mol. The van der Waals surface area contributed by atoms with Crippen molar-refractivity contribution < 1.29 is 0 Å². The van der Waals surface area contributed by atoms with Crippen LogP contribution in [0.5, 0.6) is 0 Å². The van der Waals surface area contributed by atoms with E-state index in [1.54, 1.807) is 22.2 Å². The molecule has 0 aliphatic carbocycles. The fraction of sp³-hybridized carbons (Fsp3) is 0.385. The third kappa shape index (κ3) is 2.10. The van der Waals surface area contributed by atoms with E-state index in [2.05, 4.69) is 19.9 Å². The van der Waals surface area contributed by atoms with Crippen LogP contribution in [0.15, 0.2) is 11.1 Å². The van der Waals surface area contributed by atoms with Crippen molar-refractivity contribution in [2.45, 2.75) is 26.4 Å². The topological polar surface area (TPSA) is 72.7 Å². The quantitative estimate of drug-likeness (QED) is 0.771. The van der Waals surface area contributed by atoms with Gasteiger partial charge in [0.05, 0.1) is 28.8 Å². The molecule has 3 aromatic rings. The summed E-state index contributed by atoms with van der Waals surface area (Å²) < 4.78 is 5.59. The van der Waals surface area contributed by atoms with Gasteiger partial charge in [0.1, 0.15) is 4.83 Å². The molecule has 1 aliphatic heterocycles. The zero-order valence-electron chi connectivity index (χ0n) is 11.4. The molecule has 1 N–H and O–H groups in total. The fourth-order valence-corrected chi connectivity index (χ4v) is 4.39. The van der Waals surface area contributed by atoms with Crippen LogP contribution in [0.3, 0.4) is 0 Å². The molecule has 0 aromatic carbocycles. The van der Waals surface area contributed by atoms with Crippen molar-refractivity contribution >= 4 is 33.1 Å². The molecule has 0 saturated carbocycles. The molecule has 8 heteroatoms. The van der Waals surface area contributed by atoms with Crippen molar-refractivity contribution in [3.63, 3.8) is 0 Å². The molecule has 0 fully saturated rings. The van der Waals surface area contributed by atoms with E-state index in [4.69, 9.17) is 0 Å². The van der Waals surface area contributed by atoms with E-state index in [1.165, 1.54) is 22.0 Å². The molecule has 0 bridgehead atoms. The lowest BCUT2D eigenvalue weighted by Crippen LogP contribution is -2.25. The molecule has 108 valence electrons. The van der Waals surface area contributed by atoms with Gasteiger partial charge in [-0.2, -0.15) is 0 Å². The minimum Gasteiger partial charge on any atom is -0.312 e. The lowest BCUT2D eigenvalue weighted by molar-refractivity contribution is 0.656. The summed E-state index contributed by atoms with van der Waals surface area (Å²) in [5.41, 5.74) is 2.11. The molecule has 0 unspecified atom stereocenters. The van der Waals surface area contributed by atoms with Gasteiger partial charge in [-0.05, 0) is 37.0 Å². The maximum Gasteiger partial charge on any atom is 0.262 e. The minimum atomic E-state index is 0.0483. The number of thiophene rings is 1. The molecule has 0 atom stereocenters. The van der Waals surface area contributed by atoms with Crippen molar-refractivity contribution in [1.29, 1.82) is 0 Å². The maximum atomic E-state index is 12.8. The van der Waals surface area contributed by atoms with Crippen molar-refractivity contribution in [3.8, 4) is 0 Å². The number of hydrogen-bond acceptors (Lipinski definition) is 7. The van der Waals surface area contributed by atoms with Crippen LogP contribution in [0, 0.1) is 6.92 Å². The van der Waals surface area contributed by atoms with Crippen LogP contribution in [0.25, 0.3) is 10.2 Å². The van der Waals surface area contributed by atoms with Crippen LogP contribution >= 0.6 is 22.9 Å². The van der Waals surface area contributed by atoms with E-state index in [0.29, 0.717) is 6.54 Å². The Morgan fingerprint density at radius 3 is 3.19 bits per heavy atom. The van der Waals surface area contributed by atoms with E-state index in [9.17, 15) is 4.79 Å². The zero-order chi connectivity index (χ0) is 14.4. The van der Waals surface area contributed by atoms with Gasteiger partial charge in [-0.25, -0.2) is 4.98 Å². The van der Waals surface area contributed by atoms with Gasteiger partial charge in [0.25, 0.3) is 5.56 Å². The van der Waals surface area contributed by atoms with Gasteiger partial charge >= 0.3 is 0 Å². The Morgan fingerprint density at radius 1 is 1.48 bits per heavy atom. The number of rotatable bonds is 2. The van der Waals surface area contributed by atoms with Crippen molar-refractivity contribution in [2.75, 3.05) is 6.54 Å². The normalized spacial score (nSPS) is 14.5. The van der Waals surface area contributed by atoms with Crippen molar-refractivity contribution in [2.24, 2.45) is 0 Å². The van der Waals surface area contributed by atoms with Gasteiger partial charge in [0.15, 0.2) is 0 Å². The highest BCUT2D eigenvalue weighted by Gasteiger charge is 2.20. The monoisotopic (exact) mass is 319 g/mol. The van der Waals surface area contributed by atoms with E-state index in [-0.39, 0.29) is 5.56 Å². The molecular formula is C13H13N5OS2. The van der Waals surface area contributed by atoms with E-state index in [1.807, 2.05) is 6.92 Å². The molecule has 0 spiro atoms. The maximum absolute atomic E-state index is 12.8. The standard InChI is InChI=1S/C13H13N5OS2/c1-7-10(21-17-16-7)5-18-6-15-12-11(13(18)19)8-2-3-14-4-9(8)20-12/h6,14H,2-5H2,1H3. The van der Waals surface area contributed by atoms with E-state index >= 15 is 0 Å². The van der Waals surface area contributed by atoms with Gasteiger partial charge in [-0.3, -0.25) is 9.36 Å². The van der Waals surface area contributed by atoms with Gasteiger partial charge in [-0.15, -0.1) is 16.4 Å². The van der Waals surface area contributed by atoms with Crippen molar-refractivity contribution in [1.82, 2.24) is 24.5 Å². The largest absolute Gasteiger partial charge is 0.312 e. The second kappa shape index (κ2) is 4.97. The lowest BCUT2D eigenvalue weighted by atomic mass is 10.1. The Hall–Kier alpha value is -1.64. The molecule has 0 radical (unpaired) electrons. The second-order valence-electron chi connectivity index (χ2n) is 5.07. The average Bonchev–Trinajstić information content (AvgIpc) is 3.06. The zero-order valence-corrected chi connectivity index (χ0v) is 13.1. The summed E-state index contributed by atoms with van der Waals surface area (Å²) in [4.78, 5) is 20.3. The first-order valence-electron chi connectivity index (χ1n) is 6.72. The van der Waals surface area contributed by atoms with E-state index in [0.717, 1.165) is 40.3 Å². The minimum absolute atomic E-state index is 0.0483. The van der Waals surface area contributed by atoms with E-state index < -0.39 is 0 Å². The summed E-state index contributed by atoms with van der Waals surface area (Å²) in [6.45, 7) is 4.17. The highest BCUT2D eigenvalue weighted by Crippen LogP contribution is 2.29. The molecule has 4 heterocycles. The molecule has 0 saturated heterocycles. The van der Waals surface area contributed by atoms with Crippen LogP contribution in [-0.2, 0) is 19.5 Å². The Labute approximate surface area is 128 Å². The molecule has 4 rings (SSSR count). The Balaban J connectivity index is 1.86. The highest BCUT2D eigenvalue weighted by atomic mass is 32.1. The molecule has 6 nitrogen and oxygen atoms in total. The van der Waals surface area contributed by atoms with Crippen LogP contribution in [0.2, 0.25) is 0 Å². The fourth-order valence-electron chi connectivity index (χ4n) is 2.61. The smallest absolute Gasteiger partial charge is 0.262 e. The Kier molecular flexibility index (Phi) is 3.09. The first kappa shape index (κ1) is 13.1. The predicted molar refractivity (Wildman–Crippen MR) is 83.0 cm³/mol. The molecule has 1 aliphatic rings. The SMILES string of the molecule is Cc1nnsc1Cn1cnc2sc3c(c2c1=O)CCNC3. The van der Waals surface area contributed by atoms with Gasteiger partial charge in [0.2, 0.25) is 0 Å². The van der Waals surface area contributed by atoms with Gasteiger partial charge in [-0.1, -0.05) is 4.49 Å². The number of aromatic nitrogens is 4. The number of aryl methyl sites for hydroxylation is 1. The number of nitrogens with zero attached hydrogens (tertiary/aromatic N) is 4. The summed E-state index contributed by atoms with van der Waals surface area (Å²) >= 11 is 2.96. The summed E-state index contributed by atoms with van der Waals surface area (Å²) in [5.74, 6) is 0. The van der Waals surface area contributed by atoms with Crippen LogP contribution in [0.1, 0.15) is 21.0 Å². The molecule has 3 aromatic heterocycles. The van der Waals surface area contributed by atoms with Crippen LogP contribution in [0.4, 0.5) is 0 Å². The first-order valence-corrected chi connectivity index (χ1v) is 8.31. The Morgan fingerprint density at radius 2 is 2.38 bits per heavy atom. The second-order valence-corrected chi connectivity index (χ2v) is 6.99. The third-order valence-corrected chi connectivity index (χ3v) is 5.71.